The molecule has 2 rings (SSSR count). The Morgan fingerprint density at radius 2 is 2.10 bits per heavy atom. The number of rotatable bonds is 3. The molecular weight excluding hydrogens is 290 g/mol. The molecule has 0 bridgehead atoms. The molecule has 0 spiro atoms. The van der Waals surface area contributed by atoms with Gasteiger partial charge >= 0.3 is 0 Å². The van der Waals surface area contributed by atoms with Crippen molar-refractivity contribution in [2.45, 2.75) is 30.2 Å². The number of benzene rings is 1. The molecular formula is C14H21N3O3S. The minimum atomic E-state index is -3.39. The van der Waals surface area contributed by atoms with E-state index in [1.807, 2.05) is 4.90 Å². The second kappa shape index (κ2) is 5.93. The van der Waals surface area contributed by atoms with Crippen molar-refractivity contribution in [3.8, 4) is 0 Å². The predicted octanol–water partition coefficient (Wildman–Crippen LogP) is 0.777. The fraction of sp³-hybridized carbons (Fsp3) is 0.500. The summed E-state index contributed by atoms with van der Waals surface area (Å²) in [5.74, 6) is -0.0705. The lowest BCUT2D eigenvalue weighted by molar-refractivity contribution is -0.122. The number of hydrogen-bond acceptors (Lipinski definition) is 5. The van der Waals surface area contributed by atoms with Crippen molar-refractivity contribution in [2.24, 2.45) is 0 Å². The van der Waals surface area contributed by atoms with E-state index in [0.29, 0.717) is 12.2 Å². The minimum absolute atomic E-state index is 0.0705. The van der Waals surface area contributed by atoms with Gasteiger partial charge in [-0.05, 0) is 31.4 Å². The third-order valence-corrected chi connectivity index (χ3v) is 4.96. The maximum Gasteiger partial charge on any atom is 0.242 e. The molecule has 1 aromatic carbocycles. The van der Waals surface area contributed by atoms with Gasteiger partial charge in [0.1, 0.15) is 6.04 Å². The molecule has 3 N–H and O–H groups in total. The molecule has 0 saturated carbocycles. The second-order valence-electron chi connectivity index (χ2n) is 5.28. The number of likely N-dealkylation sites (N-methyl/N-ethyl adjacent to an activating group) is 1. The summed E-state index contributed by atoms with van der Waals surface area (Å²) < 4.78 is 23.6. The van der Waals surface area contributed by atoms with Gasteiger partial charge in [0.2, 0.25) is 5.91 Å². The first-order chi connectivity index (χ1) is 9.86. The molecule has 0 aliphatic carbocycles. The number of carbonyl (C=O) groups is 1. The number of piperidine rings is 1. The van der Waals surface area contributed by atoms with Gasteiger partial charge in [-0.1, -0.05) is 6.07 Å². The van der Waals surface area contributed by atoms with Crippen molar-refractivity contribution in [3.63, 3.8) is 0 Å². The van der Waals surface area contributed by atoms with Crippen molar-refractivity contribution in [2.75, 3.05) is 30.5 Å². The summed E-state index contributed by atoms with van der Waals surface area (Å²) in [6.45, 7) is 0.690. The third-order valence-electron chi connectivity index (χ3n) is 3.80. The molecule has 1 unspecified atom stereocenters. The molecule has 6 nitrogen and oxygen atoms in total. The van der Waals surface area contributed by atoms with Gasteiger partial charge in [-0.3, -0.25) is 4.79 Å². The zero-order chi connectivity index (χ0) is 15.6. The van der Waals surface area contributed by atoms with Crippen LogP contribution in [0.5, 0.6) is 0 Å². The van der Waals surface area contributed by atoms with Crippen LogP contribution in [0.25, 0.3) is 0 Å². The molecule has 1 heterocycles. The summed E-state index contributed by atoms with van der Waals surface area (Å²) in [6, 6.07) is 4.62. The highest BCUT2D eigenvalue weighted by atomic mass is 32.2. The Labute approximate surface area is 125 Å². The van der Waals surface area contributed by atoms with E-state index in [-0.39, 0.29) is 22.5 Å². The maximum atomic E-state index is 12.0. The Morgan fingerprint density at radius 1 is 1.38 bits per heavy atom. The average Bonchev–Trinajstić information content (AvgIpc) is 2.45. The highest BCUT2D eigenvalue weighted by molar-refractivity contribution is 7.90. The number of amides is 1. The van der Waals surface area contributed by atoms with Crippen LogP contribution in [0.2, 0.25) is 0 Å². The molecule has 1 amide bonds. The fourth-order valence-electron chi connectivity index (χ4n) is 2.77. The summed E-state index contributed by atoms with van der Waals surface area (Å²) in [4.78, 5) is 14.1. The number of para-hydroxylation sites is 1. The number of anilines is 2. The monoisotopic (exact) mass is 311 g/mol. The van der Waals surface area contributed by atoms with Gasteiger partial charge in [-0.25, -0.2) is 8.42 Å². The van der Waals surface area contributed by atoms with Crippen LogP contribution in [0.15, 0.2) is 23.1 Å². The van der Waals surface area contributed by atoms with Gasteiger partial charge in [0.05, 0.1) is 16.3 Å². The lowest BCUT2D eigenvalue weighted by Crippen LogP contribution is -2.49. The molecule has 1 aliphatic rings. The number of nitrogen functional groups attached to an aromatic ring is 1. The number of hydrogen-bond donors (Lipinski definition) is 2. The van der Waals surface area contributed by atoms with E-state index in [4.69, 9.17) is 5.73 Å². The van der Waals surface area contributed by atoms with Crippen LogP contribution < -0.4 is 16.0 Å². The normalized spacial score (nSPS) is 19.3. The summed E-state index contributed by atoms with van der Waals surface area (Å²) in [5.41, 5.74) is 6.89. The molecule has 0 radical (unpaired) electrons. The zero-order valence-electron chi connectivity index (χ0n) is 12.3. The van der Waals surface area contributed by atoms with Gasteiger partial charge < -0.3 is 16.0 Å². The molecule has 0 aromatic heterocycles. The molecule has 1 saturated heterocycles. The number of nitrogens with one attached hydrogen (secondary N) is 1. The van der Waals surface area contributed by atoms with Crippen LogP contribution in [0.3, 0.4) is 0 Å². The first kappa shape index (κ1) is 15.6. The van der Waals surface area contributed by atoms with Crippen LogP contribution >= 0.6 is 0 Å². The summed E-state index contributed by atoms with van der Waals surface area (Å²) >= 11 is 0. The van der Waals surface area contributed by atoms with E-state index < -0.39 is 9.84 Å². The van der Waals surface area contributed by atoms with Crippen LogP contribution in [-0.4, -0.2) is 40.2 Å². The molecule has 1 fully saturated rings. The highest BCUT2D eigenvalue weighted by Crippen LogP contribution is 2.33. The summed E-state index contributed by atoms with van der Waals surface area (Å²) in [7, 11) is -1.79. The molecule has 7 heteroatoms. The van der Waals surface area contributed by atoms with E-state index >= 15 is 0 Å². The van der Waals surface area contributed by atoms with Crippen molar-refractivity contribution in [1.82, 2.24) is 5.32 Å². The Balaban J connectivity index is 2.47. The van der Waals surface area contributed by atoms with Gasteiger partial charge in [-0.2, -0.15) is 0 Å². The Hall–Kier alpha value is -1.76. The SMILES string of the molecule is CNC(=O)C1CCCCN1c1cccc(S(C)(=O)=O)c1N. The third kappa shape index (κ3) is 3.12. The summed E-state index contributed by atoms with van der Waals surface area (Å²) in [5, 5.41) is 2.66. The zero-order valence-corrected chi connectivity index (χ0v) is 13.1. The molecule has 1 aliphatic heterocycles. The lowest BCUT2D eigenvalue weighted by atomic mass is 10.00. The van der Waals surface area contributed by atoms with Gasteiger partial charge in [-0.15, -0.1) is 0 Å². The first-order valence-electron chi connectivity index (χ1n) is 6.93. The average molecular weight is 311 g/mol. The second-order valence-corrected chi connectivity index (χ2v) is 7.26. The van der Waals surface area contributed by atoms with Gasteiger partial charge in [0.15, 0.2) is 9.84 Å². The number of carbonyl (C=O) groups excluding carboxylic acids is 1. The van der Waals surface area contributed by atoms with Crippen molar-refractivity contribution in [3.05, 3.63) is 18.2 Å². The molecule has 1 atom stereocenters. The first-order valence-corrected chi connectivity index (χ1v) is 8.82. The van der Waals surface area contributed by atoms with E-state index in [0.717, 1.165) is 25.5 Å². The number of nitrogens with zero attached hydrogens (tertiary/aromatic N) is 1. The molecule has 116 valence electrons. The van der Waals surface area contributed by atoms with Crippen molar-refractivity contribution in [1.29, 1.82) is 0 Å². The van der Waals surface area contributed by atoms with E-state index in [9.17, 15) is 13.2 Å². The lowest BCUT2D eigenvalue weighted by Gasteiger charge is -2.37. The number of nitrogens with two attached hydrogens (primary N) is 1. The maximum absolute atomic E-state index is 12.0. The van der Waals surface area contributed by atoms with Crippen molar-refractivity contribution >= 4 is 27.1 Å². The largest absolute Gasteiger partial charge is 0.396 e. The van der Waals surface area contributed by atoms with E-state index in [1.54, 1.807) is 19.2 Å². The van der Waals surface area contributed by atoms with Gasteiger partial charge in [0.25, 0.3) is 0 Å². The van der Waals surface area contributed by atoms with Crippen LogP contribution in [0.4, 0.5) is 11.4 Å². The highest BCUT2D eigenvalue weighted by Gasteiger charge is 2.30. The van der Waals surface area contributed by atoms with Crippen molar-refractivity contribution < 1.29 is 13.2 Å². The standard InChI is InChI=1S/C14H21N3O3S/c1-16-14(18)11-6-3-4-9-17(11)10-7-5-8-12(13(10)15)21(2,19)20/h5,7-8,11H,3-4,6,9,15H2,1-2H3,(H,16,18). The van der Waals surface area contributed by atoms with Crippen LogP contribution in [0, 0.1) is 0 Å². The fourth-order valence-corrected chi connectivity index (χ4v) is 3.60. The van der Waals surface area contributed by atoms with Gasteiger partial charge in [0, 0.05) is 19.8 Å². The quantitative estimate of drug-likeness (QED) is 0.805. The molecule has 21 heavy (non-hydrogen) atoms. The van der Waals surface area contributed by atoms with E-state index in [1.165, 1.54) is 6.07 Å². The molecule has 1 aromatic rings. The predicted molar refractivity (Wildman–Crippen MR) is 83.0 cm³/mol. The van der Waals surface area contributed by atoms with Crippen LogP contribution in [0.1, 0.15) is 19.3 Å². The summed E-state index contributed by atoms with van der Waals surface area (Å²) in [6.07, 6.45) is 3.80. The minimum Gasteiger partial charge on any atom is -0.396 e. The smallest absolute Gasteiger partial charge is 0.242 e. The van der Waals surface area contributed by atoms with Crippen LogP contribution in [-0.2, 0) is 14.6 Å². The van der Waals surface area contributed by atoms with E-state index in [2.05, 4.69) is 5.32 Å². The topological polar surface area (TPSA) is 92.5 Å². The Kier molecular flexibility index (Phi) is 4.41. The number of sulfone groups is 1. The Bertz CT molecular complexity index is 643. The Morgan fingerprint density at radius 3 is 2.71 bits per heavy atom.